The standard InChI is InChI=1S/C25H18ClN3O6/c1-15-6-8-16(9-7-15)24-27-17(13-34-24)14-35-25(31)20-4-2-3-5-22(20)28-23(30)19-11-10-18(29(32)33)12-21(19)26/h2-13H,14H2,1H3,(H,28,30). The zero-order chi connectivity index (χ0) is 24.9. The van der Waals surface area contributed by atoms with E-state index >= 15 is 0 Å². The van der Waals surface area contributed by atoms with E-state index < -0.39 is 16.8 Å². The SMILES string of the molecule is Cc1ccc(-c2nc(COC(=O)c3ccccc3NC(=O)c3ccc([N+](=O)[O-])cc3Cl)co2)cc1. The number of nitro benzene ring substituents is 1. The number of hydrogen-bond donors (Lipinski definition) is 1. The van der Waals surface area contributed by atoms with Crippen molar-refractivity contribution in [2.75, 3.05) is 5.32 Å². The second kappa shape index (κ2) is 10.2. The molecule has 0 aliphatic carbocycles. The summed E-state index contributed by atoms with van der Waals surface area (Å²) in [6.07, 6.45) is 1.41. The average molecular weight is 492 g/mol. The molecule has 1 heterocycles. The molecule has 0 atom stereocenters. The number of benzene rings is 3. The summed E-state index contributed by atoms with van der Waals surface area (Å²) in [6, 6.07) is 17.4. The number of anilines is 1. The van der Waals surface area contributed by atoms with Crippen LogP contribution in [0.1, 0.15) is 32.0 Å². The molecule has 0 aliphatic rings. The van der Waals surface area contributed by atoms with Crippen molar-refractivity contribution in [2.24, 2.45) is 0 Å². The number of aryl methyl sites for hydroxylation is 1. The van der Waals surface area contributed by atoms with Gasteiger partial charge in [0.25, 0.3) is 11.6 Å². The van der Waals surface area contributed by atoms with E-state index in [9.17, 15) is 19.7 Å². The molecular weight excluding hydrogens is 474 g/mol. The molecule has 4 rings (SSSR count). The van der Waals surface area contributed by atoms with Crippen molar-refractivity contribution in [3.8, 4) is 11.5 Å². The fraction of sp³-hybridized carbons (Fsp3) is 0.0800. The average Bonchev–Trinajstić information content (AvgIpc) is 3.32. The third-order valence-electron chi connectivity index (χ3n) is 5.00. The maximum absolute atomic E-state index is 12.7. The highest BCUT2D eigenvalue weighted by Gasteiger charge is 2.19. The largest absolute Gasteiger partial charge is 0.455 e. The van der Waals surface area contributed by atoms with Crippen molar-refractivity contribution >= 4 is 34.9 Å². The molecule has 0 saturated carbocycles. The Labute approximate surface area is 204 Å². The lowest BCUT2D eigenvalue weighted by Gasteiger charge is -2.11. The van der Waals surface area contributed by atoms with Crippen LogP contribution in [0, 0.1) is 17.0 Å². The highest BCUT2D eigenvalue weighted by molar-refractivity contribution is 6.34. The highest BCUT2D eigenvalue weighted by Crippen LogP contribution is 2.25. The molecular formula is C25H18ClN3O6. The Kier molecular flexibility index (Phi) is 6.88. The van der Waals surface area contributed by atoms with E-state index in [4.69, 9.17) is 20.8 Å². The van der Waals surface area contributed by atoms with Gasteiger partial charge in [0.2, 0.25) is 5.89 Å². The number of aromatic nitrogens is 1. The van der Waals surface area contributed by atoms with Gasteiger partial charge < -0.3 is 14.5 Å². The number of non-ortho nitro benzene ring substituents is 1. The minimum absolute atomic E-state index is 0.0201. The molecule has 176 valence electrons. The molecule has 0 spiro atoms. The Hall–Kier alpha value is -4.50. The zero-order valence-electron chi connectivity index (χ0n) is 18.4. The topological polar surface area (TPSA) is 125 Å². The fourth-order valence-corrected chi connectivity index (χ4v) is 3.44. The van der Waals surface area contributed by atoms with Crippen LogP contribution >= 0.6 is 11.6 Å². The van der Waals surface area contributed by atoms with Crippen LogP contribution in [-0.4, -0.2) is 21.8 Å². The van der Waals surface area contributed by atoms with Crippen molar-refractivity contribution < 1.29 is 23.7 Å². The summed E-state index contributed by atoms with van der Waals surface area (Å²) < 4.78 is 10.8. The number of hydrogen-bond acceptors (Lipinski definition) is 7. The summed E-state index contributed by atoms with van der Waals surface area (Å²) in [4.78, 5) is 40.0. The number of amides is 1. The van der Waals surface area contributed by atoms with Gasteiger partial charge >= 0.3 is 5.97 Å². The summed E-state index contributed by atoms with van der Waals surface area (Å²) in [6.45, 7) is 1.84. The number of carbonyl (C=O) groups is 2. The molecule has 4 aromatic rings. The minimum atomic E-state index is -0.685. The van der Waals surface area contributed by atoms with Crippen LogP contribution in [0.5, 0.6) is 0 Å². The summed E-state index contributed by atoms with van der Waals surface area (Å²) in [5.74, 6) is -0.913. The number of rotatable bonds is 7. The first-order valence-electron chi connectivity index (χ1n) is 10.3. The van der Waals surface area contributed by atoms with Crippen LogP contribution in [0.15, 0.2) is 77.4 Å². The smallest absolute Gasteiger partial charge is 0.340 e. The highest BCUT2D eigenvalue weighted by atomic mass is 35.5. The maximum atomic E-state index is 12.7. The van der Waals surface area contributed by atoms with E-state index in [1.807, 2.05) is 31.2 Å². The monoisotopic (exact) mass is 491 g/mol. The Morgan fingerprint density at radius 2 is 1.83 bits per heavy atom. The van der Waals surface area contributed by atoms with E-state index in [1.165, 1.54) is 30.5 Å². The maximum Gasteiger partial charge on any atom is 0.340 e. The van der Waals surface area contributed by atoms with Crippen molar-refractivity contribution in [3.63, 3.8) is 0 Å². The molecule has 9 nitrogen and oxygen atoms in total. The number of halogens is 1. The van der Waals surface area contributed by atoms with E-state index in [1.54, 1.807) is 12.1 Å². The molecule has 0 saturated heterocycles. The first kappa shape index (κ1) is 23.7. The normalized spacial score (nSPS) is 10.6. The van der Waals surface area contributed by atoms with Crippen molar-refractivity contribution in [2.45, 2.75) is 13.5 Å². The van der Waals surface area contributed by atoms with Gasteiger partial charge in [-0.3, -0.25) is 14.9 Å². The lowest BCUT2D eigenvalue weighted by atomic mass is 10.1. The Balaban J connectivity index is 1.44. The third-order valence-corrected chi connectivity index (χ3v) is 5.32. The molecule has 10 heteroatoms. The number of nitrogens with one attached hydrogen (secondary N) is 1. The van der Waals surface area contributed by atoms with Gasteiger partial charge in [-0.2, -0.15) is 0 Å². The number of carbonyl (C=O) groups excluding carboxylic acids is 2. The van der Waals surface area contributed by atoms with E-state index in [0.717, 1.165) is 17.2 Å². The van der Waals surface area contributed by atoms with E-state index in [0.29, 0.717) is 11.6 Å². The zero-order valence-corrected chi connectivity index (χ0v) is 19.1. The molecule has 1 aromatic heterocycles. The van der Waals surface area contributed by atoms with Gasteiger partial charge in [0.05, 0.1) is 26.8 Å². The molecule has 3 aromatic carbocycles. The van der Waals surface area contributed by atoms with Gasteiger partial charge in [-0.25, -0.2) is 9.78 Å². The number of esters is 1. The fourth-order valence-electron chi connectivity index (χ4n) is 3.18. The van der Waals surface area contributed by atoms with Gasteiger partial charge in [0, 0.05) is 17.7 Å². The first-order valence-corrected chi connectivity index (χ1v) is 10.7. The number of para-hydroxylation sites is 1. The summed E-state index contributed by atoms with van der Waals surface area (Å²) in [5.41, 5.74) is 2.41. The molecule has 0 bridgehead atoms. The van der Waals surface area contributed by atoms with Crippen molar-refractivity contribution in [1.29, 1.82) is 0 Å². The van der Waals surface area contributed by atoms with Crippen LogP contribution in [0.25, 0.3) is 11.5 Å². The quantitative estimate of drug-likeness (QED) is 0.196. The first-order chi connectivity index (χ1) is 16.8. The van der Waals surface area contributed by atoms with Gasteiger partial charge in [-0.15, -0.1) is 0 Å². The Bertz CT molecular complexity index is 1410. The molecule has 1 amide bonds. The number of ether oxygens (including phenoxy) is 1. The summed E-state index contributed by atoms with van der Waals surface area (Å²) in [7, 11) is 0. The third kappa shape index (κ3) is 5.53. The van der Waals surface area contributed by atoms with Crippen LogP contribution in [0.2, 0.25) is 5.02 Å². The van der Waals surface area contributed by atoms with Crippen LogP contribution in [-0.2, 0) is 11.3 Å². The van der Waals surface area contributed by atoms with Gasteiger partial charge in [-0.05, 0) is 37.3 Å². The summed E-state index contributed by atoms with van der Waals surface area (Å²) >= 11 is 6.04. The molecule has 0 fully saturated rings. The molecule has 1 N–H and O–H groups in total. The minimum Gasteiger partial charge on any atom is -0.455 e. The number of nitro groups is 1. The predicted octanol–water partition coefficient (Wildman–Crippen LogP) is 5.82. The van der Waals surface area contributed by atoms with E-state index in [-0.39, 0.29) is 34.1 Å². The van der Waals surface area contributed by atoms with Gasteiger partial charge in [-0.1, -0.05) is 41.4 Å². The Morgan fingerprint density at radius 1 is 1.09 bits per heavy atom. The van der Waals surface area contributed by atoms with Crippen molar-refractivity contribution in [1.82, 2.24) is 4.98 Å². The number of nitrogens with zero attached hydrogens (tertiary/aromatic N) is 2. The summed E-state index contributed by atoms with van der Waals surface area (Å²) in [5, 5.41) is 13.4. The lowest BCUT2D eigenvalue weighted by molar-refractivity contribution is -0.384. The van der Waals surface area contributed by atoms with Crippen LogP contribution in [0.3, 0.4) is 0 Å². The van der Waals surface area contributed by atoms with Crippen LogP contribution in [0.4, 0.5) is 11.4 Å². The molecule has 35 heavy (non-hydrogen) atoms. The lowest BCUT2D eigenvalue weighted by Crippen LogP contribution is -2.16. The van der Waals surface area contributed by atoms with Gasteiger partial charge in [0.1, 0.15) is 18.6 Å². The van der Waals surface area contributed by atoms with Crippen LogP contribution < -0.4 is 5.32 Å². The predicted molar refractivity (Wildman–Crippen MR) is 128 cm³/mol. The second-order valence-corrected chi connectivity index (χ2v) is 7.91. The molecule has 0 unspecified atom stereocenters. The van der Waals surface area contributed by atoms with E-state index in [2.05, 4.69) is 10.3 Å². The molecule has 0 aliphatic heterocycles. The van der Waals surface area contributed by atoms with Gasteiger partial charge in [0.15, 0.2) is 0 Å². The molecule has 0 radical (unpaired) electrons. The van der Waals surface area contributed by atoms with Crippen molar-refractivity contribution in [3.05, 3.63) is 111 Å². The number of oxazole rings is 1. The second-order valence-electron chi connectivity index (χ2n) is 7.51. The Morgan fingerprint density at radius 3 is 2.54 bits per heavy atom.